The number of anilines is 1. The number of rotatable bonds is 6. The summed E-state index contributed by atoms with van der Waals surface area (Å²) in [5.41, 5.74) is 2.73. The smallest absolute Gasteiger partial charge is 0.161 e. The minimum Gasteiger partial charge on any atom is -0.387 e. The van der Waals surface area contributed by atoms with Gasteiger partial charge in [0.1, 0.15) is 5.82 Å². The second kappa shape index (κ2) is 6.92. The van der Waals surface area contributed by atoms with Gasteiger partial charge in [-0.1, -0.05) is 6.92 Å². The van der Waals surface area contributed by atoms with Crippen LogP contribution in [-0.2, 0) is 12.8 Å². The number of pyridine rings is 1. The Kier molecular flexibility index (Phi) is 4.65. The van der Waals surface area contributed by atoms with Crippen molar-refractivity contribution in [3.8, 4) is 11.4 Å². The maximum atomic E-state index is 10.9. The van der Waals surface area contributed by atoms with Gasteiger partial charge in [-0.25, -0.2) is 9.97 Å². The first-order chi connectivity index (χ1) is 12.2. The van der Waals surface area contributed by atoms with Crippen LogP contribution in [-0.4, -0.2) is 43.2 Å². The summed E-state index contributed by atoms with van der Waals surface area (Å²) in [6.07, 6.45) is 8.63. The Balaban J connectivity index is 1.58. The fourth-order valence-corrected chi connectivity index (χ4v) is 4.88. The van der Waals surface area contributed by atoms with E-state index in [2.05, 4.69) is 17.2 Å². The molecule has 0 radical (unpaired) electrons. The predicted octanol–water partition coefficient (Wildman–Crippen LogP) is 3.09. The van der Waals surface area contributed by atoms with Gasteiger partial charge in [0, 0.05) is 41.0 Å². The molecule has 2 heterocycles. The molecule has 25 heavy (non-hydrogen) atoms. The average Bonchev–Trinajstić information content (AvgIpc) is 3.12. The van der Waals surface area contributed by atoms with Crippen LogP contribution >= 0.6 is 11.8 Å². The molecule has 0 amide bonds. The van der Waals surface area contributed by atoms with Crippen molar-refractivity contribution in [2.75, 3.05) is 17.6 Å². The van der Waals surface area contributed by atoms with Gasteiger partial charge in [-0.3, -0.25) is 4.98 Å². The van der Waals surface area contributed by atoms with E-state index in [1.807, 2.05) is 23.9 Å². The van der Waals surface area contributed by atoms with Crippen molar-refractivity contribution in [3.63, 3.8) is 0 Å². The summed E-state index contributed by atoms with van der Waals surface area (Å²) < 4.78 is 0. The average molecular weight is 356 g/mol. The highest BCUT2D eigenvalue weighted by Crippen LogP contribution is 2.41. The van der Waals surface area contributed by atoms with Crippen molar-refractivity contribution >= 4 is 17.6 Å². The zero-order valence-electron chi connectivity index (χ0n) is 14.5. The van der Waals surface area contributed by atoms with E-state index in [0.717, 1.165) is 60.8 Å². The molecule has 2 atom stereocenters. The number of thioether (sulfide) groups is 1. The minimum atomic E-state index is -0.617. The zero-order valence-corrected chi connectivity index (χ0v) is 15.4. The van der Waals surface area contributed by atoms with Crippen LogP contribution in [0.25, 0.3) is 11.4 Å². The molecular formula is C19H24N4OS. The van der Waals surface area contributed by atoms with Gasteiger partial charge in [-0.05, 0) is 50.0 Å². The van der Waals surface area contributed by atoms with Gasteiger partial charge in [0.05, 0.1) is 5.60 Å². The summed E-state index contributed by atoms with van der Waals surface area (Å²) in [6.45, 7) is 2.71. The molecule has 0 saturated heterocycles. The summed E-state index contributed by atoms with van der Waals surface area (Å²) in [6, 6.07) is 3.88. The van der Waals surface area contributed by atoms with Crippen molar-refractivity contribution in [2.24, 2.45) is 0 Å². The Labute approximate surface area is 152 Å². The van der Waals surface area contributed by atoms with Crippen molar-refractivity contribution in [3.05, 3.63) is 35.8 Å². The van der Waals surface area contributed by atoms with E-state index < -0.39 is 5.60 Å². The van der Waals surface area contributed by atoms with Crippen LogP contribution in [0, 0.1) is 0 Å². The topological polar surface area (TPSA) is 70.9 Å². The third kappa shape index (κ3) is 3.25. The Morgan fingerprint density at radius 2 is 2.12 bits per heavy atom. The molecule has 132 valence electrons. The molecule has 0 spiro atoms. The van der Waals surface area contributed by atoms with Gasteiger partial charge in [-0.2, -0.15) is 11.8 Å². The molecule has 2 aromatic rings. The van der Waals surface area contributed by atoms with Crippen molar-refractivity contribution in [1.82, 2.24) is 15.0 Å². The molecule has 2 aromatic heterocycles. The van der Waals surface area contributed by atoms with E-state index in [9.17, 15) is 5.11 Å². The highest BCUT2D eigenvalue weighted by Gasteiger charge is 2.45. The van der Waals surface area contributed by atoms with Crippen LogP contribution in [0.3, 0.4) is 0 Å². The van der Waals surface area contributed by atoms with Gasteiger partial charge in [0.2, 0.25) is 0 Å². The molecule has 4 rings (SSSR count). The Bertz CT molecular complexity index is 755. The van der Waals surface area contributed by atoms with Crippen molar-refractivity contribution in [1.29, 1.82) is 0 Å². The molecule has 0 aliphatic heterocycles. The summed E-state index contributed by atoms with van der Waals surface area (Å²) in [5, 5.41) is 14.7. The molecular weight excluding hydrogens is 332 g/mol. The molecule has 2 unspecified atom stereocenters. The molecule has 0 aromatic carbocycles. The first-order valence-electron chi connectivity index (χ1n) is 9.07. The van der Waals surface area contributed by atoms with Crippen molar-refractivity contribution in [2.45, 2.75) is 49.9 Å². The monoisotopic (exact) mass is 356 g/mol. The Morgan fingerprint density at radius 1 is 1.28 bits per heavy atom. The highest BCUT2D eigenvalue weighted by atomic mass is 32.2. The summed E-state index contributed by atoms with van der Waals surface area (Å²) in [4.78, 5) is 13.6. The molecule has 2 aliphatic rings. The normalized spacial score (nSPS) is 24.6. The van der Waals surface area contributed by atoms with E-state index in [0.29, 0.717) is 11.8 Å². The van der Waals surface area contributed by atoms with Crippen molar-refractivity contribution < 1.29 is 5.11 Å². The van der Waals surface area contributed by atoms with Crippen LogP contribution in [0.1, 0.15) is 37.4 Å². The molecule has 1 saturated carbocycles. The maximum absolute atomic E-state index is 10.9. The third-order valence-corrected chi connectivity index (χ3v) is 6.65. The Hall–Kier alpha value is -1.66. The van der Waals surface area contributed by atoms with E-state index in [1.165, 1.54) is 5.56 Å². The van der Waals surface area contributed by atoms with E-state index in [-0.39, 0.29) is 0 Å². The molecule has 6 heteroatoms. The number of fused-ring (bicyclic) bond motifs is 1. The Morgan fingerprint density at radius 3 is 2.84 bits per heavy atom. The summed E-state index contributed by atoms with van der Waals surface area (Å²) >= 11 is 1.86. The highest BCUT2D eigenvalue weighted by molar-refractivity contribution is 8.00. The fourth-order valence-electron chi connectivity index (χ4n) is 3.68. The first kappa shape index (κ1) is 16.8. The lowest BCUT2D eigenvalue weighted by Crippen LogP contribution is -2.54. The molecule has 5 nitrogen and oxygen atoms in total. The van der Waals surface area contributed by atoms with Gasteiger partial charge in [0.15, 0.2) is 5.82 Å². The van der Waals surface area contributed by atoms with Gasteiger partial charge < -0.3 is 10.4 Å². The van der Waals surface area contributed by atoms with Crippen LogP contribution in [0.4, 0.5) is 5.82 Å². The predicted molar refractivity (Wildman–Crippen MR) is 102 cm³/mol. The second-order valence-corrected chi connectivity index (χ2v) is 8.33. The number of hydrogen-bond donors (Lipinski definition) is 2. The number of aliphatic hydroxyl groups is 1. The number of aromatic nitrogens is 3. The largest absolute Gasteiger partial charge is 0.387 e. The SMILES string of the molecule is CCSC1CCC1(O)CNc1nc(-c2ccncc2)nc2c1CCC2. The van der Waals surface area contributed by atoms with Gasteiger partial charge in [0.25, 0.3) is 0 Å². The van der Waals surface area contributed by atoms with Gasteiger partial charge >= 0.3 is 0 Å². The molecule has 2 N–H and O–H groups in total. The third-order valence-electron chi connectivity index (χ3n) is 5.24. The van der Waals surface area contributed by atoms with Crippen LogP contribution in [0.5, 0.6) is 0 Å². The maximum Gasteiger partial charge on any atom is 0.161 e. The van der Waals surface area contributed by atoms with Gasteiger partial charge in [-0.15, -0.1) is 0 Å². The number of nitrogens with zero attached hydrogens (tertiary/aromatic N) is 3. The van der Waals surface area contributed by atoms with Crippen LogP contribution in [0.15, 0.2) is 24.5 Å². The second-order valence-electron chi connectivity index (χ2n) is 6.85. The van der Waals surface area contributed by atoms with E-state index in [1.54, 1.807) is 12.4 Å². The lowest BCUT2D eigenvalue weighted by molar-refractivity contribution is -0.0120. The van der Waals surface area contributed by atoms with Crippen LogP contribution < -0.4 is 5.32 Å². The lowest BCUT2D eigenvalue weighted by atomic mass is 9.79. The van der Waals surface area contributed by atoms with E-state index in [4.69, 9.17) is 9.97 Å². The van der Waals surface area contributed by atoms with E-state index >= 15 is 0 Å². The zero-order chi connectivity index (χ0) is 17.3. The molecule has 2 aliphatic carbocycles. The standard InChI is InChI=1S/C19H24N4OS/c1-2-25-16-6-9-19(16,24)12-21-18-14-4-3-5-15(14)22-17(23-18)13-7-10-20-11-8-13/h7-8,10-11,16,24H,2-6,9,12H2,1H3,(H,21,22,23). The summed E-state index contributed by atoms with van der Waals surface area (Å²) in [7, 11) is 0. The molecule has 0 bridgehead atoms. The summed E-state index contributed by atoms with van der Waals surface area (Å²) in [5.74, 6) is 2.68. The fraction of sp³-hybridized carbons (Fsp3) is 0.526. The first-order valence-corrected chi connectivity index (χ1v) is 10.1. The number of hydrogen-bond acceptors (Lipinski definition) is 6. The lowest BCUT2D eigenvalue weighted by Gasteiger charge is -2.45. The number of nitrogens with one attached hydrogen (secondary N) is 1. The minimum absolute atomic E-state index is 0.333. The quantitative estimate of drug-likeness (QED) is 0.829. The number of aryl methyl sites for hydroxylation is 1. The molecule has 1 fully saturated rings. The van der Waals surface area contributed by atoms with Crippen LogP contribution in [0.2, 0.25) is 0 Å².